The van der Waals surface area contributed by atoms with Crippen LogP contribution in [0, 0.1) is 5.82 Å². The number of hydrogen-bond donors (Lipinski definition) is 1. The molecule has 1 amide bonds. The van der Waals surface area contributed by atoms with Crippen molar-refractivity contribution in [2.24, 2.45) is 0 Å². The Balaban J connectivity index is 1.91. The molecule has 0 radical (unpaired) electrons. The number of benzene rings is 2. The van der Waals surface area contributed by atoms with Crippen molar-refractivity contribution < 1.29 is 13.9 Å². The van der Waals surface area contributed by atoms with Crippen molar-refractivity contribution in [3.05, 3.63) is 52.8 Å². The van der Waals surface area contributed by atoms with E-state index in [0.29, 0.717) is 25.9 Å². The summed E-state index contributed by atoms with van der Waals surface area (Å²) in [5.41, 5.74) is 0.870. The molecule has 0 saturated heterocycles. The Bertz CT molecular complexity index is 866. The molecular formula is C15H10ClFN2O2S. The lowest BCUT2D eigenvalue weighted by Gasteiger charge is -2.01. The van der Waals surface area contributed by atoms with Crippen LogP contribution in [0.1, 0.15) is 10.4 Å². The van der Waals surface area contributed by atoms with E-state index >= 15 is 0 Å². The van der Waals surface area contributed by atoms with Crippen molar-refractivity contribution in [1.29, 1.82) is 0 Å². The second-order valence-corrected chi connectivity index (χ2v) is 5.85. The van der Waals surface area contributed by atoms with Crippen LogP contribution in [-0.2, 0) is 0 Å². The summed E-state index contributed by atoms with van der Waals surface area (Å²) in [6.45, 7) is 0. The number of ether oxygens (including phenoxy) is 1. The zero-order valence-electron chi connectivity index (χ0n) is 11.4. The maximum absolute atomic E-state index is 14.1. The van der Waals surface area contributed by atoms with E-state index in [-0.39, 0.29) is 11.7 Å². The molecule has 3 aromatic rings. The van der Waals surface area contributed by atoms with E-state index in [1.807, 2.05) is 0 Å². The first-order valence-corrected chi connectivity index (χ1v) is 7.48. The summed E-state index contributed by atoms with van der Waals surface area (Å²) in [4.78, 5) is 16.3. The second-order valence-electron chi connectivity index (χ2n) is 4.41. The molecule has 0 atom stereocenters. The van der Waals surface area contributed by atoms with Gasteiger partial charge in [-0.1, -0.05) is 29.0 Å². The van der Waals surface area contributed by atoms with Gasteiger partial charge < -0.3 is 4.74 Å². The topological polar surface area (TPSA) is 51.2 Å². The average Bonchev–Trinajstić information content (AvgIpc) is 2.91. The van der Waals surface area contributed by atoms with Gasteiger partial charge in [0.2, 0.25) is 0 Å². The smallest absolute Gasteiger partial charge is 0.257 e. The van der Waals surface area contributed by atoms with Gasteiger partial charge in [-0.15, -0.1) is 0 Å². The fourth-order valence-electron chi connectivity index (χ4n) is 1.95. The predicted molar refractivity (Wildman–Crippen MR) is 85.5 cm³/mol. The van der Waals surface area contributed by atoms with E-state index in [9.17, 15) is 9.18 Å². The summed E-state index contributed by atoms with van der Waals surface area (Å²) >= 11 is 6.90. The van der Waals surface area contributed by atoms with Crippen LogP contribution < -0.4 is 10.1 Å². The molecule has 0 aliphatic rings. The number of rotatable bonds is 3. The Morgan fingerprint density at radius 2 is 2.18 bits per heavy atom. The molecular weight excluding hydrogens is 327 g/mol. The van der Waals surface area contributed by atoms with E-state index in [1.54, 1.807) is 30.3 Å². The first-order chi connectivity index (χ1) is 10.6. The molecule has 0 aliphatic carbocycles. The van der Waals surface area contributed by atoms with Gasteiger partial charge in [0.1, 0.15) is 0 Å². The van der Waals surface area contributed by atoms with Crippen LogP contribution in [0.4, 0.5) is 9.52 Å². The number of carbonyl (C=O) groups excluding carboxylic acids is 1. The molecule has 1 N–H and O–H groups in total. The Hall–Kier alpha value is -2.18. The third-order valence-electron chi connectivity index (χ3n) is 2.99. The lowest BCUT2D eigenvalue weighted by atomic mass is 10.2. The molecule has 0 saturated carbocycles. The summed E-state index contributed by atoms with van der Waals surface area (Å²) in [7, 11) is 1.40. The summed E-state index contributed by atoms with van der Waals surface area (Å²) < 4.78 is 19.4. The number of amides is 1. The summed E-state index contributed by atoms with van der Waals surface area (Å²) in [6, 6.07) is 9.69. The summed E-state index contributed by atoms with van der Waals surface area (Å²) in [6.07, 6.45) is 0. The monoisotopic (exact) mass is 336 g/mol. The van der Waals surface area contributed by atoms with E-state index < -0.39 is 5.82 Å². The lowest BCUT2D eigenvalue weighted by Crippen LogP contribution is -2.11. The third kappa shape index (κ3) is 2.75. The van der Waals surface area contributed by atoms with Gasteiger partial charge in [-0.05, 0) is 30.3 Å². The third-order valence-corrected chi connectivity index (χ3v) is 4.20. The predicted octanol–water partition coefficient (Wildman–Crippen LogP) is 4.35. The van der Waals surface area contributed by atoms with Crippen LogP contribution in [0.3, 0.4) is 0 Å². The highest BCUT2D eigenvalue weighted by Crippen LogP contribution is 2.33. The van der Waals surface area contributed by atoms with Gasteiger partial charge in [0, 0.05) is 10.6 Å². The van der Waals surface area contributed by atoms with Gasteiger partial charge in [0.25, 0.3) is 5.91 Å². The van der Waals surface area contributed by atoms with E-state index in [0.717, 1.165) is 11.3 Å². The van der Waals surface area contributed by atoms with Gasteiger partial charge in [0.05, 0.1) is 17.3 Å². The minimum atomic E-state index is -0.485. The van der Waals surface area contributed by atoms with E-state index in [4.69, 9.17) is 16.3 Å². The zero-order valence-corrected chi connectivity index (χ0v) is 13.0. The van der Waals surface area contributed by atoms with Crippen molar-refractivity contribution in [3.8, 4) is 5.75 Å². The lowest BCUT2D eigenvalue weighted by molar-refractivity contribution is 0.102. The highest BCUT2D eigenvalue weighted by Gasteiger charge is 2.15. The molecule has 0 fully saturated rings. The number of anilines is 1. The number of halogens is 2. The summed E-state index contributed by atoms with van der Waals surface area (Å²) in [5.74, 6) is -0.696. The summed E-state index contributed by atoms with van der Waals surface area (Å²) in [5, 5.41) is 3.42. The minimum Gasteiger partial charge on any atom is -0.494 e. The maximum atomic E-state index is 14.1. The standard InChI is InChI=1S/C15H10ClFN2O2S/c1-21-11-6-5-10-13(12(11)17)22-15(18-10)19-14(20)8-3-2-4-9(16)7-8/h2-7H,1H3,(H,18,19,20). The highest BCUT2D eigenvalue weighted by molar-refractivity contribution is 7.22. The number of hydrogen-bond acceptors (Lipinski definition) is 4. The van der Waals surface area contributed by atoms with Crippen LogP contribution >= 0.6 is 22.9 Å². The fourth-order valence-corrected chi connectivity index (χ4v) is 3.03. The molecule has 1 aromatic heterocycles. The number of nitrogens with one attached hydrogen (secondary N) is 1. The second kappa shape index (κ2) is 5.90. The Morgan fingerprint density at radius 1 is 1.36 bits per heavy atom. The van der Waals surface area contributed by atoms with Crippen LogP contribution in [0.15, 0.2) is 36.4 Å². The number of methoxy groups -OCH3 is 1. The van der Waals surface area contributed by atoms with Crippen molar-refractivity contribution in [2.75, 3.05) is 12.4 Å². The number of nitrogens with zero attached hydrogens (tertiary/aromatic N) is 1. The van der Waals surface area contributed by atoms with Crippen LogP contribution in [0.25, 0.3) is 10.2 Å². The molecule has 0 unspecified atom stereocenters. The number of aromatic nitrogens is 1. The Morgan fingerprint density at radius 3 is 2.91 bits per heavy atom. The molecule has 3 rings (SSSR count). The molecule has 4 nitrogen and oxygen atoms in total. The van der Waals surface area contributed by atoms with E-state index in [1.165, 1.54) is 13.2 Å². The molecule has 22 heavy (non-hydrogen) atoms. The largest absolute Gasteiger partial charge is 0.494 e. The normalized spacial score (nSPS) is 10.7. The van der Waals surface area contributed by atoms with Gasteiger partial charge in [-0.2, -0.15) is 0 Å². The van der Waals surface area contributed by atoms with Gasteiger partial charge in [0.15, 0.2) is 16.7 Å². The van der Waals surface area contributed by atoms with Crippen LogP contribution in [0.5, 0.6) is 5.75 Å². The fraction of sp³-hybridized carbons (Fsp3) is 0.0667. The van der Waals surface area contributed by atoms with Crippen molar-refractivity contribution in [2.45, 2.75) is 0 Å². The number of carbonyl (C=O) groups is 1. The van der Waals surface area contributed by atoms with Crippen molar-refractivity contribution in [3.63, 3.8) is 0 Å². The van der Waals surface area contributed by atoms with E-state index in [2.05, 4.69) is 10.3 Å². The minimum absolute atomic E-state index is 0.142. The Labute approximate surface area is 134 Å². The quantitative estimate of drug-likeness (QED) is 0.773. The van der Waals surface area contributed by atoms with Gasteiger partial charge >= 0.3 is 0 Å². The highest BCUT2D eigenvalue weighted by atomic mass is 35.5. The number of fused-ring (bicyclic) bond motifs is 1. The zero-order chi connectivity index (χ0) is 15.7. The molecule has 112 valence electrons. The Kier molecular flexibility index (Phi) is 3.96. The maximum Gasteiger partial charge on any atom is 0.257 e. The van der Waals surface area contributed by atoms with Crippen LogP contribution in [0.2, 0.25) is 5.02 Å². The SMILES string of the molecule is COc1ccc2nc(NC(=O)c3cccc(Cl)c3)sc2c1F. The molecule has 0 spiro atoms. The van der Waals surface area contributed by atoms with Gasteiger partial charge in [-0.3, -0.25) is 10.1 Å². The molecule has 2 aromatic carbocycles. The average molecular weight is 337 g/mol. The molecule has 7 heteroatoms. The molecule has 0 aliphatic heterocycles. The van der Waals surface area contributed by atoms with Gasteiger partial charge in [-0.25, -0.2) is 9.37 Å². The first-order valence-electron chi connectivity index (χ1n) is 6.28. The molecule has 1 heterocycles. The van der Waals surface area contributed by atoms with Crippen molar-refractivity contribution >= 4 is 44.2 Å². The van der Waals surface area contributed by atoms with Crippen molar-refractivity contribution in [1.82, 2.24) is 4.98 Å². The first kappa shape index (κ1) is 14.7. The number of thiazole rings is 1. The molecule has 0 bridgehead atoms. The van der Waals surface area contributed by atoms with Crippen LogP contribution in [-0.4, -0.2) is 18.0 Å².